The fourth-order valence-electron chi connectivity index (χ4n) is 2.44. The van der Waals surface area contributed by atoms with Crippen molar-refractivity contribution in [2.75, 3.05) is 26.2 Å². The number of likely N-dealkylation sites (tertiary alicyclic amines) is 1. The van der Waals surface area contributed by atoms with Crippen LogP contribution in [-0.4, -0.2) is 31.1 Å². The predicted molar refractivity (Wildman–Crippen MR) is 66.9 cm³/mol. The Balaban J connectivity index is 1.92. The summed E-state index contributed by atoms with van der Waals surface area (Å²) in [5, 5.41) is 0. The van der Waals surface area contributed by atoms with Crippen molar-refractivity contribution in [2.45, 2.75) is 46.0 Å². The van der Waals surface area contributed by atoms with E-state index in [9.17, 15) is 0 Å². The first-order valence-electron chi connectivity index (χ1n) is 6.66. The van der Waals surface area contributed by atoms with Gasteiger partial charge in [-0.05, 0) is 37.8 Å². The highest BCUT2D eigenvalue weighted by Crippen LogP contribution is 2.22. The Hall–Kier alpha value is -0.0800. The molecule has 0 radical (unpaired) electrons. The van der Waals surface area contributed by atoms with Gasteiger partial charge in [0.2, 0.25) is 0 Å². The summed E-state index contributed by atoms with van der Waals surface area (Å²) < 4.78 is 0. The molecule has 0 amide bonds. The van der Waals surface area contributed by atoms with E-state index in [0.717, 1.165) is 18.4 Å². The maximum Gasteiger partial charge on any atom is 0.00102 e. The molecule has 0 saturated carbocycles. The van der Waals surface area contributed by atoms with E-state index in [1.165, 1.54) is 51.7 Å². The average Bonchev–Trinajstić information content (AvgIpc) is 2.52. The van der Waals surface area contributed by atoms with Gasteiger partial charge in [-0.2, -0.15) is 0 Å². The minimum absolute atomic E-state index is 0.862. The molecule has 1 fully saturated rings. The molecule has 15 heavy (non-hydrogen) atoms. The van der Waals surface area contributed by atoms with Crippen LogP contribution in [0.25, 0.3) is 0 Å². The summed E-state index contributed by atoms with van der Waals surface area (Å²) in [6.45, 7) is 9.59. The third kappa shape index (κ3) is 4.98. The van der Waals surface area contributed by atoms with Crippen molar-refractivity contribution >= 4 is 0 Å². The second kappa shape index (κ2) is 7.24. The lowest BCUT2D eigenvalue weighted by Gasteiger charge is -2.14. The third-order valence-electron chi connectivity index (χ3n) is 3.74. The van der Waals surface area contributed by atoms with E-state index >= 15 is 0 Å². The molecular weight excluding hydrogens is 184 g/mol. The van der Waals surface area contributed by atoms with Crippen LogP contribution in [0.2, 0.25) is 0 Å². The molecule has 90 valence electrons. The zero-order valence-electron chi connectivity index (χ0n) is 10.5. The molecule has 1 heterocycles. The van der Waals surface area contributed by atoms with Gasteiger partial charge in [-0.1, -0.05) is 33.1 Å². The van der Waals surface area contributed by atoms with Crippen LogP contribution in [0, 0.1) is 11.8 Å². The topological polar surface area (TPSA) is 29.3 Å². The van der Waals surface area contributed by atoms with E-state index in [0.29, 0.717) is 0 Å². The Morgan fingerprint density at radius 2 is 1.47 bits per heavy atom. The summed E-state index contributed by atoms with van der Waals surface area (Å²) in [5.74, 6) is 1.81. The molecule has 1 aliphatic heterocycles. The van der Waals surface area contributed by atoms with E-state index in [2.05, 4.69) is 18.7 Å². The fraction of sp³-hybridized carbons (Fsp3) is 1.00. The number of nitrogens with two attached hydrogens (primary N) is 1. The summed E-state index contributed by atoms with van der Waals surface area (Å²) in [5.41, 5.74) is 5.47. The summed E-state index contributed by atoms with van der Waals surface area (Å²) in [6, 6.07) is 0. The van der Waals surface area contributed by atoms with E-state index in [-0.39, 0.29) is 0 Å². The van der Waals surface area contributed by atoms with Crippen LogP contribution in [-0.2, 0) is 0 Å². The van der Waals surface area contributed by atoms with Crippen molar-refractivity contribution in [3.05, 3.63) is 0 Å². The fourth-order valence-corrected chi connectivity index (χ4v) is 2.44. The van der Waals surface area contributed by atoms with Crippen molar-refractivity contribution in [2.24, 2.45) is 17.6 Å². The lowest BCUT2D eigenvalue weighted by Crippen LogP contribution is -2.21. The SMILES string of the molecule is CC1CN(CCCCCCCN)CC1C. The van der Waals surface area contributed by atoms with Crippen molar-refractivity contribution in [1.29, 1.82) is 0 Å². The molecular formula is C13H28N2. The van der Waals surface area contributed by atoms with Gasteiger partial charge in [-0.25, -0.2) is 0 Å². The first-order chi connectivity index (χ1) is 7.24. The summed E-state index contributed by atoms with van der Waals surface area (Å²) in [7, 11) is 0. The van der Waals surface area contributed by atoms with Crippen molar-refractivity contribution in [3.63, 3.8) is 0 Å². The molecule has 1 saturated heterocycles. The first kappa shape index (κ1) is 13.0. The van der Waals surface area contributed by atoms with Crippen molar-refractivity contribution < 1.29 is 0 Å². The quantitative estimate of drug-likeness (QED) is 0.657. The summed E-state index contributed by atoms with van der Waals surface area (Å²) in [4.78, 5) is 2.64. The van der Waals surface area contributed by atoms with Crippen molar-refractivity contribution in [3.8, 4) is 0 Å². The number of unbranched alkanes of at least 4 members (excludes halogenated alkanes) is 4. The van der Waals surface area contributed by atoms with Gasteiger partial charge in [0.05, 0.1) is 0 Å². The van der Waals surface area contributed by atoms with Crippen LogP contribution in [0.3, 0.4) is 0 Å². The lowest BCUT2D eigenvalue weighted by atomic mass is 10.0. The van der Waals surface area contributed by atoms with Gasteiger partial charge in [0.25, 0.3) is 0 Å². The maximum atomic E-state index is 5.47. The molecule has 2 N–H and O–H groups in total. The van der Waals surface area contributed by atoms with Gasteiger partial charge in [-0.3, -0.25) is 0 Å². The molecule has 0 aliphatic carbocycles. The van der Waals surface area contributed by atoms with E-state index in [1.54, 1.807) is 0 Å². The maximum absolute atomic E-state index is 5.47. The Kier molecular flexibility index (Phi) is 6.26. The van der Waals surface area contributed by atoms with Crippen molar-refractivity contribution in [1.82, 2.24) is 4.90 Å². The van der Waals surface area contributed by atoms with Gasteiger partial charge in [0, 0.05) is 13.1 Å². The molecule has 1 rings (SSSR count). The molecule has 0 aromatic rings. The average molecular weight is 212 g/mol. The lowest BCUT2D eigenvalue weighted by molar-refractivity contribution is 0.314. The normalized spacial score (nSPS) is 27.4. The molecule has 2 heteroatoms. The van der Waals surface area contributed by atoms with E-state index in [4.69, 9.17) is 5.73 Å². The van der Waals surface area contributed by atoms with E-state index in [1.807, 2.05) is 0 Å². The van der Waals surface area contributed by atoms with E-state index < -0.39 is 0 Å². The second-order valence-electron chi connectivity index (χ2n) is 5.27. The number of hydrogen-bond donors (Lipinski definition) is 1. The molecule has 0 spiro atoms. The van der Waals surface area contributed by atoms with Gasteiger partial charge in [0.15, 0.2) is 0 Å². The third-order valence-corrected chi connectivity index (χ3v) is 3.74. The monoisotopic (exact) mass is 212 g/mol. The predicted octanol–water partition coefficient (Wildman–Crippen LogP) is 2.48. The number of rotatable bonds is 7. The molecule has 2 nitrogen and oxygen atoms in total. The zero-order valence-corrected chi connectivity index (χ0v) is 10.5. The summed E-state index contributed by atoms with van der Waals surface area (Å²) >= 11 is 0. The van der Waals surface area contributed by atoms with Crippen LogP contribution in [0.4, 0.5) is 0 Å². The number of hydrogen-bond acceptors (Lipinski definition) is 2. The smallest absolute Gasteiger partial charge is 0.00102 e. The van der Waals surface area contributed by atoms with Crippen LogP contribution in [0.1, 0.15) is 46.0 Å². The van der Waals surface area contributed by atoms with Crippen LogP contribution in [0.15, 0.2) is 0 Å². The van der Waals surface area contributed by atoms with Gasteiger partial charge in [0.1, 0.15) is 0 Å². The highest BCUT2D eigenvalue weighted by molar-refractivity contribution is 4.78. The minimum atomic E-state index is 0.862. The first-order valence-corrected chi connectivity index (χ1v) is 6.66. The molecule has 1 aliphatic rings. The molecule has 2 atom stereocenters. The Morgan fingerprint density at radius 1 is 0.933 bits per heavy atom. The molecule has 2 unspecified atom stereocenters. The molecule has 0 bridgehead atoms. The summed E-state index contributed by atoms with van der Waals surface area (Å²) in [6.07, 6.45) is 6.67. The highest BCUT2D eigenvalue weighted by Gasteiger charge is 2.24. The van der Waals surface area contributed by atoms with Crippen LogP contribution < -0.4 is 5.73 Å². The molecule has 0 aromatic carbocycles. The number of nitrogens with zero attached hydrogens (tertiary/aromatic N) is 1. The van der Waals surface area contributed by atoms with Gasteiger partial charge < -0.3 is 10.6 Å². The largest absolute Gasteiger partial charge is 0.330 e. The second-order valence-corrected chi connectivity index (χ2v) is 5.27. The Labute approximate surface area is 95.2 Å². The zero-order chi connectivity index (χ0) is 11.1. The molecule has 0 aromatic heterocycles. The Morgan fingerprint density at radius 3 is 2.07 bits per heavy atom. The van der Waals surface area contributed by atoms with Crippen LogP contribution >= 0.6 is 0 Å². The Bertz CT molecular complexity index is 149. The standard InChI is InChI=1S/C13H28N2/c1-12-10-15(11-13(12)2)9-7-5-3-4-6-8-14/h12-13H,3-11,14H2,1-2H3. The van der Waals surface area contributed by atoms with Gasteiger partial charge in [-0.15, -0.1) is 0 Å². The highest BCUT2D eigenvalue weighted by atomic mass is 15.1. The minimum Gasteiger partial charge on any atom is -0.330 e. The van der Waals surface area contributed by atoms with Gasteiger partial charge >= 0.3 is 0 Å². The van der Waals surface area contributed by atoms with Crippen LogP contribution in [0.5, 0.6) is 0 Å².